The fourth-order valence-electron chi connectivity index (χ4n) is 3.00. The number of alkyl halides is 3. The van der Waals surface area contributed by atoms with Crippen molar-refractivity contribution in [3.63, 3.8) is 0 Å². The van der Waals surface area contributed by atoms with Crippen molar-refractivity contribution < 1.29 is 27.4 Å². The fourth-order valence-corrected chi connectivity index (χ4v) is 3.00. The molecule has 168 valence electrons. The number of hydrogen-bond acceptors (Lipinski definition) is 5. The third-order valence-electron chi connectivity index (χ3n) is 4.36. The lowest BCUT2D eigenvalue weighted by molar-refractivity contribution is -0.274. The van der Waals surface area contributed by atoms with Gasteiger partial charge in [0.05, 0.1) is 5.69 Å². The van der Waals surface area contributed by atoms with Gasteiger partial charge in [0.1, 0.15) is 23.4 Å². The van der Waals surface area contributed by atoms with Crippen molar-refractivity contribution in [1.29, 1.82) is 0 Å². The van der Waals surface area contributed by atoms with Gasteiger partial charge in [-0.1, -0.05) is 18.1 Å². The summed E-state index contributed by atoms with van der Waals surface area (Å²) in [6, 6.07) is 10.1. The lowest BCUT2D eigenvalue weighted by Crippen LogP contribution is -2.18. The number of aromatic amines is 1. The van der Waals surface area contributed by atoms with Crippen LogP contribution in [0.1, 0.15) is 25.5 Å². The van der Waals surface area contributed by atoms with Crippen LogP contribution in [0.3, 0.4) is 0 Å². The average Bonchev–Trinajstić information content (AvgIpc) is 3.27. The number of terminal acetylenes is 1. The number of ether oxygens (including phenoxy) is 3. The fraction of sp³-hybridized carbons (Fsp3) is 0.261. The zero-order valence-electron chi connectivity index (χ0n) is 17.4. The molecule has 2 atom stereocenters. The zero-order chi connectivity index (χ0) is 23.1. The summed E-state index contributed by atoms with van der Waals surface area (Å²) in [5.41, 5.74) is 1.94. The van der Waals surface area contributed by atoms with Crippen molar-refractivity contribution in [3.8, 4) is 35.2 Å². The number of H-pyrrole nitrogens is 1. The predicted octanol–water partition coefficient (Wildman–Crippen LogP) is 5.52. The Bertz CT molecular complexity index is 1050. The first kappa shape index (κ1) is 23.0. The first-order valence-electron chi connectivity index (χ1n) is 9.79. The molecule has 2 unspecified atom stereocenters. The van der Waals surface area contributed by atoms with Gasteiger partial charge in [-0.3, -0.25) is 0 Å². The molecule has 3 aromatic rings. The van der Waals surface area contributed by atoms with Gasteiger partial charge < -0.3 is 24.5 Å². The Balaban J connectivity index is 1.88. The second-order valence-electron chi connectivity index (χ2n) is 6.65. The highest BCUT2D eigenvalue weighted by Crippen LogP contribution is 2.33. The van der Waals surface area contributed by atoms with Crippen molar-refractivity contribution in [3.05, 3.63) is 60.4 Å². The van der Waals surface area contributed by atoms with E-state index in [1.165, 1.54) is 24.3 Å². The molecule has 32 heavy (non-hydrogen) atoms. The van der Waals surface area contributed by atoms with Crippen molar-refractivity contribution in [2.75, 3.05) is 11.9 Å². The first-order chi connectivity index (χ1) is 15.3. The van der Waals surface area contributed by atoms with E-state index in [0.717, 1.165) is 5.56 Å². The second-order valence-corrected chi connectivity index (χ2v) is 6.65. The van der Waals surface area contributed by atoms with E-state index < -0.39 is 18.7 Å². The Morgan fingerprint density at radius 3 is 2.53 bits per heavy atom. The SMILES string of the molecule is C#CC(Nc1cc(-c2ncc[nH]2)ccc1OC(C)OCC)c1ccc(OC(F)(F)F)cc1. The molecule has 2 aromatic carbocycles. The summed E-state index contributed by atoms with van der Waals surface area (Å²) in [6.07, 6.45) is 3.80. The number of hydrogen-bond donors (Lipinski definition) is 2. The summed E-state index contributed by atoms with van der Waals surface area (Å²) >= 11 is 0. The van der Waals surface area contributed by atoms with Gasteiger partial charge >= 0.3 is 6.36 Å². The van der Waals surface area contributed by atoms with Crippen LogP contribution in [-0.4, -0.2) is 29.2 Å². The van der Waals surface area contributed by atoms with Crippen LogP contribution >= 0.6 is 0 Å². The lowest BCUT2D eigenvalue weighted by atomic mass is 10.1. The Hall–Kier alpha value is -3.64. The molecule has 2 N–H and O–H groups in total. The van der Waals surface area contributed by atoms with Gasteiger partial charge in [0.25, 0.3) is 0 Å². The molecular weight excluding hydrogens is 423 g/mol. The molecule has 0 aliphatic heterocycles. The minimum Gasteiger partial charge on any atom is -0.463 e. The van der Waals surface area contributed by atoms with Gasteiger partial charge in [-0.15, -0.1) is 19.6 Å². The van der Waals surface area contributed by atoms with Gasteiger partial charge in [0.15, 0.2) is 6.29 Å². The summed E-state index contributed by atoms with van der Waals surface area (Å²) in [7, 11) is 0. The molecule has 6 nitrogen and oxygen atoms in total. The highest BCUT2D eigenvalue weighted by Gasteiger charge is 2.31. The van der Waals surface area contributed by atoms with Crippen LogP contribution in [-0.2, 0) is 4.74 Å². The van der Waals surface area contributed by atoms with Crippen LogP contribution in [0.4, 0.5) is 18.9 Å². The molecule has 0 aliphatic rings. The molecule has 1 aromatic heterocycles. The van der Waals surface area contributed by atoms with Crippen LogP contribution in [0.25, 0.3) is 11.4 Å². The molecule has 0 saturated carbocycles. The minimum atomic E-state index is -4.76. The van der Waals surface area contributed by atoms with E-state index in [0.29, 0.717) is 29.4 Å². The van der Waals surface area contributed by atoms with Gasteiger partial charge in [-0.05, 0) is 49.7 Å². The van der Waals surface area contributed by atoms with E-state index in [2.05, 4.69) is 25.9 Å². The largest absolute Gasteiger partial charge is 0.573 e. The number of nitrogens with one attached hydrogen (secondary N) is 2. The summed E-state index contributed by atoms with van der Waals surface area (Å²) in [5, 5.41) is 3.21. The topological polar surface area (TPSA) is 68.4 Å². The van der Waals surface area contributed by atoms with Gasteiger partial charge in [0.2, 0.25) is 0 Å². The number of nitrogens with zero attached hydrogens (tertiary/aromatic N) is 1. The van der Waals surface area contributed by atoms with E-state index in [1.54, 1.807) is 25.4 Å². The first-order valence-corrected chi connectivity index (χ1v) is 9.79. The molecule has 0 aliphatic carbocycles. The van der Waals surface area contributed by atoms with E-state index in [9.17, 15) is 13.2 Å². The number of benzene rings is 2. The van der Waals surface area contributed by atoms with Crippen LogP contribution in [0, 0.1) is 12.3 Å². The maximum absolute atomic E-state index is 12.4. The molecule has 1 heterocycles. The molecule has 0 radical (unpaired) electrons. The maximum atomic E-state index is 12.4. The van der Waals surface area contributed by atoms with Crippen molar-refractivity contribution >= 4 is 5.69 Å². The van der Waals surface area contributed by atoms with Gasteiger partial charge in [-0.25, -0.2) is 4.98 Å². The normalized spacial score (nSPS) is 13.1. The molecule has 3 rings (SSSR count). The van der Waals surface area contributed by atoms with E-state index in [4.69, 9.17) is 15.9 Å². The van der Waals surface area contributed by atoms with Crippen molar-refractivity contribution in [2.24, 2.45) is 0 Å². The third kappa shape index (κ3) is 6.18. The summed E-state index contributed by atoms with van der Waals surface area (Å²) in [5.74, 6) is 3.44. The third-order valence-corrected chi connectivity index (χ3v) is 4.36. The number of anilines is 1. The van der Waals surface area contributed by atoms with Crippen LogP contribution in [0.2, 0.25) is 0 Å². The number of imidazole rings is 1. The minimum absolute atomic E-state index is 0.327. The molecule has 0 spiro atoms. The summed E-state index contributed by atoms with van der Waals surface area (Å²) < 4.78 is 52.5. The van der Waals surface area contributed by atoms with E-state index in [1.807, 2.05) is 19.1 Å². The smallest absolute Gasteiger partial charge is 0.463 e. The number of halogens is 3. The van der Waals surface area contributed by atoms with Crippen LogP contribution < -0.4 is 14.8 Å². The Morgan fingerprint density at radius 1 is 1.19 bits per heavy atom. The van der Waals surface area contributed by atoms with E-state index in [-0.39, 0.29) is 5.75 Å². The summed E-state index contributed by atoms with van der Waals surface area (Å²) in [4.78, 5) is 7.28. The number of aromatic nitrogens is 2. The van der Waals surface area contributed by atoms with Crippen molar-refractivity contribution in [2.45, 2.75) is 32.5 Å². The van der Waals surface area contributed by atoms with Gasteiger partial charge in [0, 0.05) is 24.6 Å². The van der Waals surface area contributed by atoms with Crippen LogP contribution in [0.15, 0.2) is 54.9 Å². The zero-order valence-corrected chi connectivity index (χ0v) is 17.4. The molecule has 0 fully saturated rings. The molecular formula is C23H22F3N3O3. The quantitative estimate of drug-likeness (QED) is 0.335. The lowest BCUT2D eigenvalue weighted by Gasteiger charge is -2.21. The average molecular weight is 445 g/mol. The molecule has 0 amide bonds. The highest BCUT2D eigenvalue weighted by molar-refractivity contribution is 5.69. The van der Waals surface area contributed by atoms with Gasteiger partial charge in [-0.2, -0.15) is 0 Å². The monoisotopic (exact) mass is 445 g/mol. The maximum Gasteiger partial charge on any atom is 0.573 e. The molecule has 0 saturated heterocycles. The molecule has 0 bridgehead atoms. The van der Waals surface area contributed by atoms with Crippen molar-refractivity contribution in [1.82, 2.24) is 9.97 Å². The summed E-state index contributed by atoms with van der Waals surface area (Å²) in [6.45, 7) is 4.11. The standard InChI is InChI=1S/C23H22F3N3O3/c1-4-19(16-6-9-18(10-7-16)32-23(24,25)26)29-20-14-17(22-27-12-13-28-22)8-11-21(20)31-15(3)30-5-2/h1,6-15,19,29H,5H2,2-3H3,(H,27,28). The second kappa shape index (κ2) is 10.1. The molecule has 9 heteroatoms. The Morgan fingerprint density at radius 2 is 1.94 bits per heavy atom. The predicted molar refractivity (Wildman–Crippen MR) is 114 cm³/mol. The Kier molecular flexibility index (Phi) is 7.28. The van der Waals surface area contributed by atoms with E-state index >= 15 is 0 Å². The Labute approximate surface area is 183 Å². The van der Waals surface area contributed by atoms with Crippen LogP contribution in [0.5, 0.6) is 11.5 Å². The highest BCUT2D eigenvalue weighted by atomic mass is 19.4. The number of rotatable bonds is 9.